The van der Waals surface area contributed by atoms with E-state index in [0.29, 0.717) is 16.9 Å². The first kappa shape index (κ1) is 19.4. The topological polar surface area (TPSA) is 52.6 Å². The Morgan fingerprint density at radius 2 is 1.21 bits per heavy atom. The van der Waals surface area contributed by atoms with Crippen molar-refractivity contribution in [1.29, 1.82) is 0 Å². The molecular formula is C24H22O4. The molecular weight excluding hydrogens is 352 g/mol. The Balaban J connectivity index is 1.67. The predicted octanol–water partition coefficient (Wildman–Crippen LogP) is 5.31. The van der Waals surface area contributed by atoms with Crippen LogP contribution in [0, 0.1) is 0 Å². The molecule has 0 N–H and O–H groups in total. The maximum atomic E-state index is 12.3. The van der Waals surface area contributed by atoms with Crippen molar-refractivity contribution >= 4 is 11.9 Å². The van der Waals surface area contributed by atoms with Crippen molar-refractivity contribution < 1.29 is 19.1 Å². The summed E-state index contributed by atoms with van der Waals surface area (Å²) in [7, 11) is 1.32. The van der Waals surface area contributed by atoms with Gasteiger partial charge in [0.25, 0.3) is 0 Å². The molecule has 0 saturated heterocycles. The highest BCUT2D eigenvalue weighted by atomic mass is 16.5. The fourth-order valence-corrected chi connectivity index (χ4v) is 2.89. The number of hydrogen-bond acceptors (Lipinski definition) is 4. The zero-order chi connectivity index (χ0) is 19.9. The van der Waals surface area contributed by atoms with Gasteiger partial charge in [-0.25, -0.2) is 9.59 Å². The number of methoxy groups -OCH3 is 1. The molecule has 0 aliphatic rings. The number of aryl methyl sites for hydroxylation is 1. The lowest BCUT2D eigenvalue weighted by Crippen LogP contribution is -2.08. The Kier molecular flexibility index (Phi) is 6.22. The molecule has 0 aliphatic heterocycles. The van der Waals surface area contributed by atoms with Gasteiger partial charge < -0.3 is 9.47 Å². The average molecular weight is 374 g/mol. The van der Waals surface area contributed by atoms with Gasteiger partial charge in [-0.1, -0.05) is 49.7 Å². The summed E-state index contributed by atoms with van der Waals surface area (Å²) in [6.45, 7) is 2.17. The molecule has 28 heavy (non-hydrogen) atoms. The van der Waals surface area contributed by atoms with Gasteiger partial charge in [-0.3, -0.25) is 0 Å². The van der Waals surface area contributed by atoms with E-state index >= 15 is 0 Å². The van der Waals surface area contributed by atoms with Crippen LogP contribution in [0.15, 0.2) is 72.8 Å². The van der Waals surface area contributed by atoms with Gasteiger partial charge in [0.15, 0.2) is 0 Å². The number of ether oxygens (including phenoxy) is 2. The smallest absolute Gasteiger partial charge is 0.343 e. The lowest BCUT2D eigenvalue weighted by molar-refractivity contribution is 0.0600. The van der Waals surface area contributed by atoms with Crippen molar-refractivity contribution in [3.63, 3.8) is 0 Å². The van der Waals surface area contributed by atoms with Crippen LogP contribution < -0.4 is 4.74 Å². The van der Waals surface area contributed by atoms with Crippen molar-refractivity contribution in [2.75, 3.05) is 7.11 Å². The normalized spacial score (nSPS) is 10.4. The summed E-state index contributed by atoms with van der Waals surface area (Å²) in [5, 5.41) is 0. The SMILES string of the molecule is CCCc1ccc(-c2ccc(C(=O)Oc3ccc(C(=O)OC)cc3)cc2)cc1. The lowest BCUT2D eigenvalue weighted by atomic mass is 10.0. The summed E-state index contributed by atoms with van der Waals surface area (Å²) in [4.78, 5) is 23.8. The molecule has 0 bridgehead atoms. The number of benzene rings is 3. The Hall–Kier alpha value is -3.40. The van der Waals surface area contributed by atoms with Crippen molar-refractivity contribution in [3.05, 3.63) is 89.5 Å². The van der Waals surface area contributed by atoms with Gasteiger partial charge >= 0.3 is 11.9 Å². The number of hydrogen-bond donors (Lipinski definition) is 0. The van der Waals surface area contributed by atoms with E-state index in [2.05, 4.69) is 35.9 Å². The molecule has 0 saturated carbocycles. The first-order chi connectivity index (χ1) is 13.6. The van der Waals surface area contributed by atoms with Crippen LogP contribution in [0.2, 0.25) is 0 Å². The van der Waals surface area contributed by atoms with Gasteiger partial charge in [-0.15, -0.1) is 0 Å². The predicted molar refractivity (Wildman–Crippen MR) is 109 cm³/mol. The highest BCUT2D eigenvalue weighted by Crippen LogP contribution is 2.22. The van der Waals surface area contributed by atoms with Gasteiger partial charge in [-0.05, 0) is 59.5 Å². The van der Waals surface area contributed by atoms with Crippen LogP contribution in [0.3, 0.4) is 0 Å². The van der Waals surface area contributed by atoms with Crippen LogP contribution in [0.1, 0.15) is 39.6 Å². The molecule has 0 amide bonds. The van der Waals surface area contributed by atoms with Gasteiger partial charge in [0.05, 0.1) is 18.2 Å². The van der Waals surface area contributed by atoms with Gasteiger partial charge in [-0.2, -0.15) is 0 Å². The second-order valence-corrected chi connectivity index (χ2v) is 6.43. The Morgan fingerprint density at radius 1 is 0.714 bits per heavy atom. The highest BCUT2D eigenvalue weighted by molar-refractivity contribution is 5.92. The molecule has 3 aromatic carbocycles. The molecule has 4 heteroatoms. The van der Waals surface area contributed by atoms with E-state index in [-0.39, 0.29) is 0 Å². The maximum absolute atomic E-state index is 12.3. The first-order valence-electron chi connectivity index (χ1n) is 9.20. The third-order valence-corrected chi connectivity index (χ3v) is 4.43. The molecule has 0 radical (unpaired) electrons. The van der Waals surface area contributed by atoms with E-state index in [0.717, 1.165) is 24.0 Å². The number of carbonyl (C=O) groups excluding carboxylic acids is 2. The second-order valence-electron chi connectivity index (χ2n) is 6.43. The Labute approximate surface area is 164 Å². The zero-order valence-corrected chi connectivity index (χ0v) is 16.0. The molecule has 0 spiro atoms. The lowest BCUT2D eigenvalue weighted by Gasteiger charge is -2.07. The first-order valence-corrected chi connectivity index (χ1v) is 9.20. The minimum atomic E-state index is -0.448. The largest absolute Gasteiger partial charge is 0.465 e. The molecule has 4 nitrogen and oxygen atoms in total. The summed E-state index contributed by atoms with van der Waals surface area (Å²) in [5.74, 6) is -0.514. The maximum Gasteiger partial charge on any atom is 0.343 e. The summed E-state index contributed by atoms with van der Waals surface area (Å²) < 4.78 is 10.0. The van der Waals surface area contributed by atoms with Crippen LogP contribution in [-0.4, -0.2) is 19.0 Å². The summed E-state index contributed by atoms with van der Waals surface area (Å²) >= 11 is 0. The van der Waals surface area contributed by atoms with E-state index in [1.54, 1.807) is 36.4 Å². The second kappa shape index (κ2) is 9.00. The van der Waals surface area contributed by atoms with E-state index in [9.17, 15) is 9.59 Å². The standard InChI is InChI=1S/C24H22O4/c1-3-4-17-5-7-18(8-6-17)19-9-11-21(12-10-19)24(26)28-22-15-13-20(14-16-22)23(25)27-2/h5-16H,3-4H2,1-2H3. The van der Waals surface area contributed by atoms with Crippen LogP contribution in [0.5, 0.6) is 5.75 Å². The molecule has 0 heterocycles. The molecule has 3 rings (SSSR count). The van der Waals surface area contributed by atoms with Crippen LogP contribution >= 0.6 is 0 Å². The highest BCUT2D eigenvalue weighted by Gasteiger charge is 2.10. The monoisotopic (exact) mass is 374 g/mol. The van der Waals surface area contributed by atoms with Crippen molar-refractivity contribution in [3.8, 4) is 16.9 Å². The third-order valence-electron chi connectivity index (χ3n) is 4.43. The molecule has 0 aliphatic carbocycles. The summed E-state index contributed by atoms with van der Waals surface area (Å²) in [6.07, 6.45) is 2.20. The molecule has 0 unspecified atom stereocenters. The van der Waals surface area contributed by atoms with Gasteiger partial charge in [0.2, 0.25) is 0 Å². The van der Waals surface area contributed by atoms with Crippen molar-refractivity contribution in [2.45, 2.75) is 19.8 Å². The quantitative estimate of drug-likeness (QED) is 0.433. The van der Waals surface area contributed by atoms with Crippen molar-refractivity contribution in [1.82, 2.24) is 0 Å². The van der Waals surface area contributed by atoms with Crippen LogP contribution in [-0.2, 0) is 11.2 Å². The number of esters is 2. The Bertz CT molecular complexity index is 939. The molecule has 0 fully saturated rings. The summed E-state index contributed by atoms with van der Waals surface area (Å²) in [6, 6.07) is 22.0. The third kappa shape index (κ3) is 4.65. The minimum absolute atomic E-state index is 0.369. The fraction of sp³-hybridized carbons (Fsp3) is 0.167. The van der Waals surface area contributed by atoms with Crippen molar-refractivity contribution in [2.24, 2.45) is 0 Å². The van der Waals surface area contributed by atoms with Gasteiger partial charge in [0, 0.05) is 0 Å². The fourth-order valence-electron chi connectivity index (χ4n) is 2.89. The Morgan fingerprint density at radius 3 is 1.75 bits per heavy atom. The van der Waals surface area contributed by atoms with Crippen LogP contribution in [0.4, 0.5) is 0 Å². The number of carbonyl (C=O) groups is 2. The average Bonchev–Trinajstić information content (AvgIpc) is 2.74. The summed E-state index contributed by atoms with van der Waals surface area (Å²) in [5.41, 5.74) is 4.34. The van der Waals surface area contributed by atoms with E-state index < -0.39 is 11.9 Å². The minimum Gasteiger partial charge on any atom is -0.465 e. The molecule has 0 atom stereocenters. The van der Waals surface area contributed by atoms with E-state index in [4.69, 9.17) is 4.74 Å². The molecule has 3 aromatic rings. The number of rotatable bonds is 6. The van der Waals surface area contributed by atoms with E-state index in [1.165, 1.54) is 12.7 Å². The zero-order valence-electron chi connectivity index (χ0n) is 16.0. The molecule has 142 valence electrons. The van der Waals surface area contributed by atoms with Crippen LogP contribution in [0.25, 0.3) is 11.1 Å². The molecule has 0 aromatic heterocycles. The van der Waals surface area contributed by atoms with E-state index in [1.807, 2.05) is 12.1 Å². The van der Waals surface area contributed by atoms with Gasteiger partial charge in [0.1, 0.15) is 5.75 Å².